The molecular weight excluding hydrogens is 380 g/mol. The topological polar surface area (TPSA) is 68.7 Å². The third-order valence-electron chi connectivity index (χ3n) is 6.16. The van der Waals surface area contributed by atoms with Crippen molar-refractivity contribution in [3.8, 4) is 16.9 Å². The Morgan fingerprint density at radius 2 is 1.93 bits per heavy atom. The molecule has 0 spiro atoms. The number of likely N-dealkylation sites (tertiary alicyclic amines) is 1. The number of pyridine rings is 1. The molecule has 2 atom stereocenters. The summed E-state index contributed by atoms with van der Waals surface area (Å²) in [5.41, 5.74) is 3.19. The normalized spacial score (nSPS) is 22.8. The van der Waals surface area contributed by atoms with Crippen LogP contribution in [0.2, 0.25) is 0 Å². The second-order valence-electron chi connectivity index (χ2n) is 8.67. The number of methoxy groups -OCH3 is 1. The van der Waals surface area contributed by atoms with Gasteiger partial charge in [0.1, 0.15) is 11.4 Å². The summed E-state index contributed by atoms with van der Waals surface area (Å²) in [5.74, 6) is 0.0527. The lowest BCUT2D eigenvalue weighted by Crippen LogP contribution is -2.43. The molecule has 0 saturated carbocycles. The number of hydrogen-bond donors (Lipinski definition) is 0. The molecule has 2 aromatic rings. The van der Waals surface area contributed by atoms with E-state index < -0.39 is 11.5 Å². The second kappa shape index (κ2) is 7.74. The zero-order chi connectivity index (χ0) is 21.5. The van der Waals surface area contributed by atoms with Crippen molar-refractivity contribution in [3.63, 3.8) is 0 Å². The smallest absolute Gasteiger partial charge is 0.307 e. The van der Waals surface area contributed by atoms with Crippen LogP contribution < -0.4 is 4.74 Å². The van der Waals surface area contributed by atoms with Gasteiger partial charge in [-0.1, -0.05) is 12.1 Å². The summed E-state index contributed by atoms with van der Waals surface area (Å²) in [6.45, 7) is 6.29. The quantitative estimate of drug-likeness (QED) is 0.714. The zero-order valence-corrected chi connectivity index (χ0v) is 18.0. The van der Waals surface area contributed by atoms with E-state index in [4.69, 9.17) is 14.5 Å². The molecule has 1 amide bonds. The number of ether oxygens (including phenoxy) is 2. The van der Waals surface area contributed by atoms with Crippen molar-refractivity contribution in [2.24, 2.45) is 5.92 Å². The summed E-state index contributed by atoms with van der Waals surface area (Å²) in [4.78, 5) is 31.8. The second-order valence-corrected chi connectivity index (χ2v) is 8.67. The number of aryl methyl sites for hydroxylation is 1. The van der Waals surface area contributed by atoms with Gasteiger partial charge in [0.2, 0.25) is 5.91 Å². The highest BCUT2D eigenvalue weighted by Crippen LogP contribution is 2.39. The fourth-order valence-corrected chi connectivity index (χ4v) is 4.56. The lowest BCUT2D eigenvalue weighted by molar-refractivity contribution is -0.149. The number of benzene rings is 1. The Balaban J connectivity index is 1.63. The Morgan fingerprint density at radius 3 is 2.57 bits per heavy atom. The number of carbonyl (C=O) groups excluding carboxylic acids is 2. The maximum Gasteiger partial charge on any atom is 0.307 e. The molecule has 6 heteroatoms. The number of cyclic esters (lactones) is 1. The number of nitrogens with zero attached hydrogens (tertiary/aromatic N) is 2. The van der Waals surface area contributed by atoms with Gasteiger partial charge in [0.05, 0.1) is 31.2 Å². The van der Waals surface area contributed by atoms with E-state index in [2.05, 4.69) is 12.1 Å². The van der Waals surface area contributed by atoms with Crippen molar-refractivity contribution >= 4 is 11.9 Å². The Kier molecular flexibility index (Phi) is 5.26. The van der Waals surface area contributed by atoms with Crippen LogP contribution in [0.15, 0.2) is 36.4 Å². The van der Waals surface area contributed by atoms with Gasteiger partial charge in [-0.25, -0.2) is 0 Å². The number of amides is 1. The molecule has 6 nitrogen and oxygen atoms in total. The van der Waals surface area contributed by atoms with E-state index in [0.717, 1.165) is 41.1 Å². The highest BCUT2D eigenvalue weighted by Gasteiger charge is 2.49. The van der Waals surface area contributed by atoms with Gasteiger partial charge in [0.25, 0.3) is 0 Å². The molecule has 0 aliphatic carbocycles. The number of carbonyl (C=O) groups is 2. The molecular formula is C24H28N2O4. The van der Waals surface area contributed by atoms with Crippen LogP contribution in [0, 0.1) is 12.8 Å². The van der Waals surface area contributed by atoms with Crippen molar-refractivity contribution in [1.29, 1.82) is 0 Å². The van der Waals surface area contributed by atoms with Gasteiger partial charge in [-0.3, -0.25) is 14.6 Å². The zero-order valence-electron chi connectivity index (χ0n) is 18.0. The highest BCUT2D eigenvalue weighted by atomic mass is 16.6. The minimum atomic E-state index is -0.768. The van der Waals surface area contributed by atoms with E-state index in [0.29, 0.717) is 6.54 Å². The Morgan fingerprint density at radius 1 is 1.20 bits per heavy atom. The van der Waals surface area contributed by atoms with Gasteiger partial charge in [-0.2, -0.15) is 0 Å². The molecule has 3 heterocycles. The van der Waals surface area contributed by atoms with Crippen molar-refractivity contribution in [1.82, 2.24) is 9.88 Å². The predicted octanol–water partition coefficient (Wildman–Crippen LogP) is 4.07. The van der Waals surface area contributed by atoms with E-state index in [9.17, 15) is 9.59 Å². The number of esters is 1. The third-order valence-corrected chi connectivity index (χ3v) is 6.16. The highest BCUT2D eigenvalue weighted by molar-refractivity contribution is 5.88. The summed E-state index contributed by atoms with van der Waals surface area (Å²) in [5, 5.41) is 0. The number of rotatable bonds is 4. The first-order valence-corrected chi connectivity index (χ1v) is 10.4. The SMILES string of the molecule is COc1ccc(-c2cc(C)nc([C@@H]3CCCN3C(=O)[C@H]3CC(=O)OC3(C)C)c2)cc1. The largest absolute Gasteiger partial charge is 0.497 e. The van der Waals surface area contributed by atoms with Gasteiger partial charge >= 0.3 is 5.97 Å². The maximum atomic E-state index is 13.4. The molecule has 1 aromatic heterocycles. The van der Waals surface area contributed by atoms with Crippen LogP contribution in [0.3, 0.4) is 0 Å². The molecule has 0 bridgehead atoms. The molecule has 2 saturated heterocycles. The summed E-state index contributed by atoms with van der Waals surface area (Å²) in [7, 11) is 1.65. The van der Waals surface area contributed by atoms with E-state index in [1.165, 1.54) is 0 Å². The molecule has 2 fully saturated rings. The predicted molar refractivity (Wildman–Crippen MR) is 113 cm³/mol. The van der Waals surface area contributed by atoms with Gasteiger partial charge in [0.15, 0.2) is 0 Å². The Bertz CT molecular complexity index is 968. The molecule has 2 aliphatic rings. The average molecular weight is 408 g/mol. The third kappa shape index (κ3) is 3.78. The van der Waals surface area contributed by atoms with Gasteiger partial charge in [0, 0.05) is 12.2 Å². The van der Waals surface area contributed by atoms with Crippen LogP contribution in [0.5, 0.6) is 5.75 Å². The first-order valence-electron chi connectivity index (χ1n) is 10.4. The van der Waals surface area contributed by atoms with Gasteiger partial charge in [-0.15, -0.1) is 0 Å². The average Bonchev–Trinajstić information content (AvgIpc) is 3.30. The Labute approximate surface area is 177 Å². The lowest BCUT2D eigenvalue weighted by atomic mass is 9.89. The fraction of sp³-hybridized carbons (Fsp3) is 0.458. The summed E-state index contributed by atoms with van der Waals surface area (Å²) >= 11 is 0. The summed E-state index contributed by atoms with van der Waals surface area (Å²) < 4.78 is 10.6. The number of aromatic nitrogens is 1. The molecule has 30 heavy (non-hydrogen) atoms. The van der Waals surface area contributed by atoms with Crippen molar-refractivity contribution < 1.29 is 19.1 Å². The van der Waals surface area contributed by atoms with Crippen molar-refractivity contribution in [3.05, 3.63) is 47.8 Å². The van der Waals surface area contributed by atoms with E-state index in [1.54, 1.807) is 7.11 Å². The molecule has 4 rings (SSSR count). The van der Waals surface area contributed by atoms with E-state index in [-0.39, 0.29) is 24.3 Å². The van der Waals surface area contributed by atoms with Crippen LogP contribution in [-0.4, -0.2) is 41.0 Å². The van der Waals surface area contributed by atoms with Crippen LogP contribution in [0.1, 0.15) is 50.5 Å². The van der Waals surface area contributed by atoms with Crippen molar-refractivity contribution in [2.75, 3.05) is 13.7 Å². The van der Waals surface area contributed by atoms with Gasteiger partial charge < -0.3 is 14.4 Å². The molecule has 1 aromatic carbocycles. The van der Waals surface area contributed by atoms with Crippen molar-refractivity contribution in [2.45, 2.75) is 51.7 Å². The molecule has 2 aliphatic heterocycles. The summed E-state index contributed by atoms with van der Waals surface area (Å²) in [6, 6.07) is 12.0. The maximum absolute atomic E-state index is 13.4. The molecule has 0 unspecified atom stereocenters. The molecule has 0 N–H and O–H groups in total. The Hall–Kier alpha value is -2.89. The van der Waals surface area contributed by atoms with E-state index in [1.807, 2.05) is 49.9 Å². The minimum Gasteiger partial charge on any atom is -0.497 e. The van der Waals surface area contributed by atoms with E-state index >= 15 is 0 Å². The first kappa shape index (κ1) is 20.4. The standard InChI is InChI=1S/C24H28N2O4/c1-15-12-17(16-7-9-18(29-4)10-8-16)13-20(25-15)21-6-5-11-26(21)23(28)19-14-22(27)30-24(19,2)3/h7-10,12-13,19,21H,5-6,11,14H2,1-4H3/t19-,21+/m1/s1. The fourth-order valence-electron chi connectivity index (χ4n) is 4.56. The molecule has 158 valence electrons. The minimum absolute atomic E-state index is 0.0114. The van der Waals surface area contributed by atoms with Crippen LogP contribution >= 0.6 is 0 Å². The summed E-state index contributed by atoms with van der Waals surface area (Å²) in [6.07, 6.45) is 1.94. The monoisotopic (exact) mass is 408 g/mol. The lowest BCUT2D eigenvalue weighted by Gasteiger charge is -2.31. The first-order chi connectivity index (χ1) is 14.3. The van der Waals surface area contributed by atoms with Gasteiger partial charge in [-0.05, 0) is 69.0 Å². The van der Waals surface area contributed by atoms with Crippen LogP contribution in [-0.2, 0) is 14.3 Å². The van der Waals surface area contributed by atoms with Crippen LogP contribution in [0.25, 0.3) is 11.1 Å². The number of hydrogen-bond acceptors (Lipinski definition) is 5. The van der Waals surface area contributed by atoms with Crippen LogP contribution in [0.4, 0.5) is 0 Å². The molecule has 0 radical (unpaired) electrons.